The lowest BCUT2D eigenvalue weighted by molar-refractivity contribution is 0.0497. The molecule has 0 bridgehead atoms. The minimum absolute atomic E-state index is 0.183. The quantitative estimate of drug-likeness (QED) is 0.867. The number of thiophene rings is 1. The van der Waals surface area contributed by atoms with Crippen LogP contribution in [0.1, 0.15) is 37.4 Å². The summed E-state index contributed by atoms with van der Waals surface area (Å²) in [5.41, 5.74) is -0.584. The Labute approximate surface area is 115 Å². The number of hydrogen-bond donors (Lipinski definition) is 1. The summed E-state index contributed by atoms with van der Waals surface area (Å²) in [5.74, 6) is -0.183. The Morgan fingerprint density at radius 2 is 2.00 bits per heavy atom. The number of ketones is 1. The van der Waals surface area contributed by atoms with E-state index in [9.17, 15) is 9.59 Å². The lowest BCUT2D eigenvalue weighted by atomic mass is 10.2. The topological polar surface area (TPSA) is 55.4 Å². The van der Waals surface area contributed by atoms with Crippen LogP contribution in [0.25, 0.3) is 0 Å². The number of alkyl carbamates (subject to hydrolysis) is 1. The average Bonchev–Trinajstić information content (AvgIpc) is 2.60. The van der Waals surface area contributed by atoms with Gasteiger partial charge in [0.25, 0.3) is 0 Å². The number of halogens is 1. The van der Waals surface area contributed by atoms with E-state index in [-0.39, 0.29) is 5.78 Å². The van der Waals surface area contributed by atoms with Crippen molar-refractivity contribution >= 4 is 34.8 Å². The fourth-order valence-electron chi connectivity index (χ4n) is 1.21. The van der Waals surface area contributed by atoms with Gasteiger partial charge in [-0.05, 0) is 39.8 Å². The van der Waals surface area contributed by atoms with Gasteiger partial charge in [-0.25, -0.2) is 4.79 Å². The molecule has 18 heavy (non-hydrogen) atoms. The molecule has 1 heterocycles. The van der Waals surface area contributed by atoms with Crippen LogP contribution < -0.4 is 5.32 Å². The second-order valence-corrected chi connectivity index (χ2v) is 6.55. The third-order valence-corrected chi connectivity index (χ3v) is 3.19. The molecule has 1 rings (SSSR count). The van der Waals surface area contributed by atoms with Gasteiger partial charge in [-0.15, -0.1) is 11.3 Å². The summed E-state index contributed by atoms with van der Waals surface area (Å²) in [6.07, 6.45) is -0.606. The lowest BCUT2D eigenvalue weighted by Gasteiger charge is -2.21. The van der Waals surface area contributed by atoms with E-state index in [0.29, 0.717) is 9.21 Å². The molecule has 100 valence electrons. The number of nitrogens with one attached hydrogen (secondary N) is 1. The summed E-state index contributed by atoms with van der Waals surface area (Å²) in [7, 11) is 0. The highest BCUT2D eigenvalue weighted by Gasteiger charge is 2.22. The predicted molar refractivity (Wildman–Crippen MR) is 72.5 cm³/mol. The van der Waals surface area contributed by atoms with Gasteiger partial charge in [0.1, 0.15) is 5.60 Å². The molecule has 0 aliphatic rings. The highest BCUT2D eigenvalue weighted by Crippen LogP contribution is 2.22. The van der Waals surface area contributed by atoms with Crippen molar-refractivity contribution in [1.82, 2.24) is 5.32 Å². The van der Waals surface area contributed by atoms with Crippen LogP contribution >= 0.6 is 22.9 Å². The van der Waals surface area contributed by atoms with Crippen LogP contribution in [0.15, 0.2) is 12.1 Å². The van der Waals surface area contributed by atoms with E-state index in [1.807, 2.05) is 0 Å². The van der Waals surface area contributed by atoms with Crippen LogP contribution in [0.5, 0.6) is 0 Å². The molecule has 1 aromatic heterocycles. The number of carbonyl (C=O) groups is 2. The zero-order chi connectivity index (χ0) is 13.9. The van der Waals surface area contributed by atoms with Gasteiger partial charge in [0.05, 0.1) is 15.3 Å². The molecule has 0 aromatic carbocycles. The van der Waals surface area contributed by atoms with Gasteiger partial charge in [0.2, 0.25) is 0 Å². The Kier molecular flexibility index (Phi) is 4.76. The number of amides is 1. The van der Waals surface area contributed by atoms with Gasteiger partial charge in [-0.2, -0.15) is 0 Å². The number of Topliss-reactive ketones (excluding diaryl/α,β-unsaturated/α-hetero) is 1. The molecule has 4 nitrogen and oxygen atoms in total. The molecule has 0 fully saturated rings. The van der Waals surface area contributed by atoms with E-state index in [1.165, 1.54) is 11.3 Å². The maximum Gasteiger partial charge on any atom is 0.408 e. The molecular formula is C12H16ClNO3S. The van der Waals surface area contributed by atoms with Crippen LogP contribution in [0.2, 0.25) is 4.34 Å². The summed E-state index contributed by atoms with van der Waals surface area (Å²) in [6, 6.07) is 2.65. The van der Waals surface area contributed by atoms with E-state index in [2.05, 4.69) is 5.32 Å². The second kappa shape index (κ2) is 5.71. The molecule has 1 aromatic rings. The molecule has 0 spiro atoms. The number of ether oxygens (including phenoxy) is 1. The maximum absolute atomic E-state index is 11.9. The monoisotopic (exact) mass is 289 g/mol. The zero-order valence-corrected chi connectivity index (χ0v) is 12.3. The van der Waals surface area contributed by atoms with Crippen LogP contribution in [-0.2, 0) is 4.74 Å². The molecule has 0 saturated heterocycles. The first-order valence-electron chi connectivity index (χ1n) is 5.48. The van der Waals surface area contributed by atoms with E-state index < -0.39 is 17.7 Å². The van der Waals surface area contributed by atoms with Crippen LogP contribution in [0, 0.1) is 0 Å². The maximum atomic E-state index is 11.9. The Hall–Kier alpha value is -1.07. The number of carbonyl (C=O) groups excluding carboxylic acids is 2. The van der Waals surface area contributed by atoms with Crippen molar-refractivity contribution in [3.05, 3.63) is 21.3 Å². The normalized spacial score (nSPS) is 12.9. The smallest absolute Gasteiger partial charge is 0.408 e. The van der Waals surface area contributed by atoms with Crippen LogP contribution in [0.4, 0.5) is 4.79 Å². The van der Waals surface area contributed by atoms with Crippen molar-refractivity contribution in [2.24, 2.45) is 0 Å². The highest BCUT2D eigenvalue weighted by molar-refractivity contribution is 7.18. The van der Waals surface area contributed by atoms with E-state index in [1.54, 1.807) is 39.8 Å². The predicted octanol–water partition coefficient (Wildman–Crippen LogP) is 3.50. The van der Waals surface area contributed by atoms with Gasteiger partial charge in [-0.1, -0.05) is 11.6 Å². The zero-order valence-electron chi connectivity index (χ0n) is 10.7. The van der Waals surface area contributed by atoms with Gasteiger partial charge >= 0.3 is 6.09 Å². The molecule has 1 atom stereocenters. The summed E-state index contributed by atoms with van der Waals surface area (Å²) < 4.78 is 5.62. The van der Waals surface area contributed by atoms with Crippen molar-refractivity contribution in [1.29, 1.82) is 0 Å². The first-order chi connectivity index (χ1) is 8.19. The minimum atomic E-state index is -0.644. The second-order valence-electron chi connectivity index (χ2n) is 4.84. The van der Waals surface area contributed by atoms with Gasteiger partial charge in [-0.3, -0.25) is 4.79 Å². The largest absolute Gasteiger partial charge is 0.444 e. The first-order valence-corrected chi connectivity index (χ1v) is 6.67. The fraction of sp³-hybridized carbons (Fsp3) is 0.500. The lowest BCUT2D eigenvalue weighted by Crippen LogP contribution is -2.41. The summed E-state index contributed by atoms with van der Waals surface area (Å²) in [6.45, 7) is 6.90. The summed E-state index contributed by atoms with van der Waals surface area (Å²) in [4.78, 5) is 24.0. The Morgan fingerprint density at radius 3 is 2.44 bits per heavy atom. The van der Waals surface area contributed by atoms with Crippen molar-refractivity contribution in [3.8, 4) is 0 Å². The number of hydrogen-bond acceptors (Lipinski definition) is 4. The van der Waals surface area contributed by atoms with Crippen molar-refractivity contribution in [2.75, 3.05) is 0 Å². The molecule has 0 unspecified atom stereocenters. The molecule has 0 saturated carbocycles. The molecule has 1 N–H and O–H groups in total. The first kappa shape index (κ1) is 15.0. The van der Waals surface area contributed by atoms with Gasteiger partial charge < -0.3 is 10.1 Å². The fourth-order valence-corrected chi connectivity index (χ4v) is 2.28. The molecule has 1 amide bonds. The van der Waals surface area contributed by atoms with E-state index in [0.717, 1.165) is 0 Å². The van der Waals surface area contributed by atoms with E-state index >= 15 is 0 Å². The van der Waals surface area contributed by atoms with Crippen LogP contribution in [0.3, 0.4) is 0 Å². The average molecular weight is 290 g/mol. The van der Waals surface area contributed by atoms with Crippen molar-refractivity contribution in [2.45, 2.75) is 39.3 Å². The van der Waals surface area contributed by atoms with Gasteiger partial charge in [0.15, 0.2) is 5.78 Å². The third kappa shape index (κ3) is 4.66. The summed E-state index contributed by atoms with van der Waals surface area (Å²) in [5, 5.41) is 2.50. The molecule has 6 heteroatoms. The van der Waals surface area contributed by atoms with Crippen molar-refractivity contribution in [3.63, 3.8) is 0 Å². The molecule has 0 radical (unpaired) electrons. The standard InChI is InChI=1S/C12H16ClNO3S/c1-7(14-11(16)17-12(2,3)4)10(15)8-5-6-9(13)18-8/h5-7H,1-4H3,(H,14,16)/t7-/m1/s1. The molecular weight excluding hydrogens is 274 g/mol. The minimum Gasteiger partial charge on any atom is -0.444 e. The third-order valence-electron chi connectivity index (χ3n) is 1.94. The molecule has 0 aliphatic carbocycles. The Morgan fingerprint density at radius 1 is 1.39 bits per heavy atom. The van der Waals surface area contributed by atoms with Crippen LogP contribution in [-0.4, -0.2) is 23.5 Å². The van der Waals surface area contributed by atoms with E-state index in [4.69, 9.17) is 16.3 Å². The summed E-state index contributed by atoms with van der Waals surface area (Å²) >= 11 is 6.94. The number of rotatable bonds is 3. The SMILES string of the molecule is C[C@@H](NC(=O)OC(C)(C)C)C(=O)c1ccc(Cl)s1. The van der Waals surface area contributed by atoms with Gasteiger partial charge in [0, 0.05) is 0 Å². The van der Waals surface area contributed by atoms with Crippen molar-refractivity contribution < 1.29 is 14.3 Å². The molecule has 0 aliphatic heterocycles. The Balaban J connectivity index is 2.58. The Bertz CT molecular complexity index is 450. The highest BCUT2D eigenvalue weighted by atomic mass is 35.5.